The molecule has 0 spiro atoms. The molecule has 0 aliphatic rings. The molecule has 2 N–H and O–H groups in total. The van der Waals surface area contributed by atoms with E-state index in [4.69, 9.17) is 0 Å². The van der Waals surface area contributed by atoms with Gasteiger partial charge in [-0.05, 0) is 13.0 Å². The van der Waals surface area contributed by atoms with E-state index in [1.165, 1.54) is 6.33 Å². The molecular formula is C11H10FN5O3. The second-order valence-corrected chi connectivity index (χ2v) is 3.99. The van der Waals surface area contributed by atoms with Crippen LogP contribution in [0.1, 0.15) is 29.1 Å². The van der Waals surface area contributed by atoms with E-state index in [1.807, 2.05) is 0 Å². The highest BCUT2D eigenvalue weighted by atomic mass is 19.1. The van der Waals surface area contributed by atoms with Crippen molar-refractivity contribution < 1.29 is 14.1 Å². The highest BCUT2D eigenvalue weighted by Gasteiger charge is 2.19. The molecule has 0 aliphatic heterocycles. The number of aromatic nitrogens is 3. The van der Waals surface area contributed by atoms with E-state index in [9.17, 15) is 19.3 Å². The van der Waals surface area contributed by atoms with Gasteiger partial charge >= 0.3 is 0 Å². The number of non-ortho nitro benzene ring substituents is 1. The number of aromatic amines is 1. The van der Waals surface area contributed by atoms with E-state index in [0.29, 0.717) is 5.82 Å². The Balaban J connectivity index is 2.20. The number of carbonyl (C=O) groups excluding carboxylic acids is 1. The van der Waals surface area contributed by atoms with Crippen LogP contribution in [0.4, 0.5) is 10.1 Å². The van der Waals surface area contributed by atoms with E-state index in [2.05, 4.69) is 20.5 Å². The molecule has 0 radical (unpaired) electrons. The van der Waals surface area contributed by atoms with Crippen molar-refractivity contribution in [1.82, 2.24) is 20.5 Å². The smallest absolute Gasteiger partial charge is 0.270 e. The lowest BCUT2D eigenvalue weighted by Crippen LogP contribution is -2.28. The van der Waals surface area contributed by atoms with Crippen molar-refractivity contribution >= 4 is 11.6 Å². The molecule has 0 saturated heterocycles. The molecule has 0 fully saturated rings. The number of nitrogens with one attached hydrogen (secondary N) is 2. The number of rotatable bonds is 4. The van der Waals surface area contributed by atoms with Crippen molar-refractivity contribution in [3.63, 3.8) is 0 Å². The number of nitro benzene ring substituents is 1. The van der Waals surface area contributed by atoms with Crippen molar-refractivity contribution in [2.24, 2.45) is 0 Å². The van der Waals surface area contributed by atoms with Crippen molar-refractivity contribution in [2.45, 2.75) is 13.0 Å². The molecule has 0 saturated carbocycles. The van der Waals surface area contributed by atoms with E-state index in [-0.39, 0.29) is 5.69 Å². The average molecular weight is 279 g/mol. The lowest BCUT2D eigenvalue weighted by atomic mass is 10.1. The first-order chi connectivity index (χ1) is 9.49. The number of nitro groups is 1. The molecule has 0 bridgehead atoms. The number of hydrogen-bond donors (Lipinski definition) is 2. The SMILES string of the molecule is CC(NC(=O)c1cc([N+](=O)[O-])ccc1F)c1ncn[nH]1. The molecule has 20 heavy (non-hydrogen) atoms. The zero-order chi connectivity index (χ0) is 14.7. The van der Waals surface area contributed by atoms with E-state index < -0.39 is 28.3 Å². The third kappa shape index (κ3) is 2.76. The van der Waals surface area contributed by atoms with Gasteiger partial charge in [-0.3, -0.25) is 20.0 Å². The summed E-state index contributed by atoms with van der Waals surface area (Å²) < 4.78 is 13.6. The Kier molecular flexibility index (Phi) is 3.69. The first kappa shape index (κ1) is 13.6. The first-order valence-corrected chi connectivity index (χ1v) is 5.59. The number of nitrogens with zero attached hydrogens (tertiary/aromatic N) is 3. The van der Waals surface area contributed by atoms with Gasteiger partial charge in [0, 0.05) is 12.1 Å². The van der Waals surface area contributed by atoms with Crippen LogP contribution in [-0.2, 0) is 0 Å². The van der Waals surface area contributed by atoms with Crippen LogP contribution in [-0.4, -0.2) is 26.0 Å². The molecule has 1 aromatic carbocycles. The summed E-state index contributed by atoms with van der Waals surface area (Å²) in [5.74, 6) is -1.21. The van der Waals surface area contributed by atoms with Gasteiger partial charge in [-0.25, -0.2) is 9.37 Å². The fourth-order valence-corrected chi connectivity index (χ4v) is 1.57. The molecule has 1 heterocycles. The molecular weight excluding hydrogens is 269 g/mol. The molecule has 104 valence electrons. The maximum atomic E-state index is 13.6. The van der Waals surface area contributed by atoms with Crippen LogP contribution in [0.15, 0.2) is 24.5 Å². The zero-order valence-electron chi connectivity index (χ0n) is 10.3. The van der Waals surface area contributed by atoms with Crippen molar-refractivity contribution in [1.29, 1.82) is 0 Å². The highest BCUT2D eigenvalue weighted by Crippen LogP contribution is 2.17. The Morgan fingerprint density at radius 1 is 1.55 bits per heavy atom. The number of H-pyrrole nitrogens is 1. The van der Waals surface area contributed by atoms with Crippen molar-refractivity contribution in [3.8, 4) is 0 Å². The monoisotopic (exact) mass is 279 g/mol. The van der Waals surface area contributed by atoms with Crippen LogP contribution in [0.2, 0.25) is 0 Å². The summed E-state index contributed by atoms with van der Waals surface area (Å²) in [6, 6.07) is 2.22. The Labute approximate surface area is 112 Å². The highest BCUT2D eigenvalue weighted by molar-refractivity contribution is 5.95. The lowest BCUT2D eigenvalue weighted by molar-refractivity contribution is -0.384. The maximum absolute atomic E-state index is 13.6. The Hall–Kier alpha value is -2.84. The van der Waals surface area contributed by atoms with Gasteiger partial charge < -0.3 is 5.32 Å². The summed E-state index contributed by atoms with van der Waals surface area (Å²) in [4.78, 5) is 25.7. The van der Waals surface area contributed by atoms with Gasteiger partial charge in [0.15, 0.2) is 0 Å². The Bertz CT molecular complexity index is 644. The largest absolute Gasteiger partial charge is 0.342 e. The van der Waals surface area contributed by atoms with Gasteiger partial charge in [0.05, 0.1) is 16.5 Å². The van der Waals surface area contributed by atoms with Crippen LogP contribution in [0, 0.1) is 15.9 Å². The van der Waals surface area contributed by atoms with Gasteiger partial charge in [-0.15, -0.1) is 0 Å². The minimum absolute atomic E-state index is 0.358. The molecule has 2 rings (SSSR count). The van der Waals surface area contributed by atoms with Gasteiger partial charge in [-0.2, -0.15) is 5.10 Å². The van der Waals surface area contributed by atoms with Crippen LogP contribution in [0.3, 0.4) is 0 Å². The quantitative estimate of drug-likeness (QED) is 0.647. The minimum Gasteiger partial charge on any atom is -0.342 e. The summed E-state index contributed by atoms with van der Waals surface area (Å²) in [6.07, 6.45) is 1.27. The van der Waals surface area contributed by atoms with Crippen LogP contribution >= 0.6 is 0 Å². The summed E-state index contributed by atoms with van der Waals surface area (Å²) in [7, 11) is 0. The number of benzene rings is 1. The van der Waals surface area contributed by atoms with Gasteiger partial charge in [0.2, 0.25) is 0 Å². The third-order valence-electron chi connectivity index (χ3n) is 2.60. The minimum atomic E-state index is -0.835. The van der Waals surface area contributed by atoms with E-state index >= 15 is 0 Å². The fourth-order valence-electron chi connectivity index (χ4n) is 1.57. The van der Waals surface area contributed by atoms with Crippen LogP contribution in [0.5, 0.6) is 0 Å². The second-order valence-electron chi connectivity index (χ2n) is 3.99. The summed E-state index contributed by atoms with van der Waals surface area (Å²) >= 11 is 0. The topological polar surface area (TPSA) is 114 Å². The first-order valence-electron chi connectivity index (χ1n) is 5.59. The Morgan fingerprint density at radius 2 is 2.30 bits per heavy atom. The molecule has 8 nitrogen and oxygen atoms in total. The molecule has 1 amide bonds. The summed E-state index contributed by atoms with van der Waals surface area (Å²) in [5.41, 5.74) is -0.755. The van der Waals surface area contributed by atoms with Gasteiger partial charge in [-0.1, -0.05) is 0 Å². The third-order valence-corrected chi connectivity index (χ3v) is 2.60. The van der Waals surface area contributed by atoms with E-state index in [1.54, 1.807) is 6.92 Å². The van der Waals surface area contributed by atoms with Gasteiger partial charge in [0.1, 0.15) is 18.0 Å². The lowest BCUT2D eigenvalue weighted by Gasteiger charge is -2.11. The maximum Gasteiger partial charge on any atom is 0.270 e. The normalized spacial score (nSPS) is 11.9. The van der Waals surface area contributed by atoms with Crippen molar-refractivity contribution in [3.05, 3.63) is 51.8 Å². The predicted octanol–water partition coefficient (Wildman–Crippen LogP) is 1.34. The average Bonchev–Trinajstić information content (AvgIpc) is 2.92. The molecule has 9 heteroatoms. The number of amides is 1. The number of hydrogen-bond acceptors (Lipinski definition) is 5. The van der Waals surface area contributed by atoms with Gasteiger partial charge in [0.25, 0.3) is 11.6 Å². The number of halogens is 1. The van der Waals surface area contributed by atoms with Crippen LogP contribution in [0.25, 0.3) is 0 Å². The standard InChI is InChI=1S/C11H10FN5O3/c1-6(10-13-5-14-16-10)15-11(18)8-4-7(17(19)20)2-3-9(8)12/h2-6H,1H3,(H,15,18)(H,13,14,16). The molecule has 0 aliphatic carbocycles. The second kappa shape index (κ2) is 5.43. The summed E-state index contributed by atoms with van der Waals surface area (Å²) in [5, 5.41) is 19.3. The molecule has 2 aromatic rings. The van der Waals surface area contributed by atoms with E-state index in [0.717, 1.165) is 18.2 Å². The van der Waals surface area contributed by atoms with Crippen molar-refractivity contribution in [2.75, 3.05) is 0 Å². The zero-order valence-corrected chi connectivity index (χ0v) is 10.3. The predicted molar refractivity (Wildman–Crippen MR) is 65.3 cm³/mol. The van der Waals surface area contributed by atoms with Crippen LogP contribution < -0.4 is 5.32 Å². The molecule has 1 unspecified atom stereocenters. The number of carbonyl (C=O) groups is 1. The summed E-state index contributed by atoms with van der Waals surface area (Å²) in [6.45, 7) is 1.62. The fraction of sp³-hybridized carbons (Fsp3) is 0.182. The Morgan fingerprint density at radius 3 is 2.90 bits per heavy atom. The molecule has 1 atom stereocenters. The molecule has 1 aromatic heterocycles.